The number of ether oxygens (including phenoxy) is 6. The normalized spacial score (nSPS) is 31.8. The summed E-state index contributed by atoms with van der Waals surface area (Å²) in [5, 5.41) is 37.1. The fraction of sp³-hybridized carbons (Fsp3) is 0.488. The van der Waals surface area contributed by atoms with Crippen molar-refractivity contribution < 1.29 is 48.2 Å². The number of methoxy groups -OCH3 is 2. The molecule has 14 nitrogen and oxygen atoms in total. The van der Waals surface area contributed by atoms with E-state index in [0.29, 0.717) is 64.6 Å². The van der Waals surface area contributed by atoms with Crippen molar-refractivity contribution in [2.75, 3.05) is 39.9 Å². The van der Waals surface area contributed by atoms with Crippen molar-refractivity contribution in [3.05, 3.63) is 62.7 Å². The molecule has 3 aromatic carbocycles. The topological polar surface area (TPSA) is 172 Å². The molecule has 0 amide bonds. The molecule has 0 radical (unpaired) electrons. The molecule has 0 aliphatic carbocycles. The number of thioether (sulfide) groups is 1. The molecular weight excluding hydrogens is 741 g/mol. The lowest BCUT2D eigenvalue weighted by Crippen LogP contribution is -2.75. The van der Waals surface area contributed by atoms with Crippen LogP contribution in [0.25, 0.3) is 0 Å². The molecule has 8 atom stereocenters. The number of piperazine rings is 1. The number of nitriles is 1. The van der Waals surface area contributed by atoms with E-state index in [0.717, 1.165) is 22.3 Å². The second kappa shape index (κ2) is 12.1. The zero-order chi connectivity index (χ0) is 39.2. The first-order valence-corrected chi connectivity index (χ1v) is 19.9. The standard InChI is InChI=1S/C41H42N4O10S/c1-17-9-22-28(33(48)34(17)51-6)31-32-38-30-29(37-36(53-16-54-37)18(2)35(30)55-19(3)46)25(44(32)24(13-42)23-12-40(22,4)45(23)31)14-52-39(49)41(15-56-38)21-11-27(50-5)26(47)10-20(21)7-8-43-41/h9-11,23-25,31-32,38,43,47-48H,7-8,12,14-16H2,1-6H3/t23-,24-,25-,31-,32?,38+,40?,41+/m0/s1. The van der Waals surface area contributed by atoms with E-state index >= 15 is 0 Å². The van der Waals surface area contributed by atoms with Crippen LogP contribution in [0.4, 0.5) is 0 Å². The number of carbonyl (C=O) groups excluding carboxylic acids is 2. The monoisotopic (exact) mass is 782 g/mol. The second-order valence-corrected chi connectivity index (χ2v) is 17.1. The number of fused-ring (bicyclic) bond motifs is 8. The lowest BCUT2D eigenvalue weighted by Gasteiger charge is -2.66. The summed E-state index contributed by atoms with van der Waals surface area (Å²) in [6.45, 7) is 7.51. The Hall–Kier alpha value is -4.88. The van der Waals surface area contributed by atoms with E-state index in [1.165, 1.54) is 25.8 Å². The quantitative estimate of drug-likeness (QED) is 0.252. The summed E-state index contributed by atoms with van der Waals surface area (Å²) in [5.74, 6) is 1.06. The maximum atomic E-state index is 14.8. The Morgan fingerprint density at radius 1 is 1.05 bits per heavy atom. The molecule has 8 aliphatic rings. The van der Waals surface area contributed by atoms with Crippen LogP contribution >= 0.6 is 11.8 Å². The number of phenolic OH excluding ortho intramolecular Hbond substituents is 2. The van der Waals surface area contributed by atoms with Crippen LogP contribution < -0.4 is 29.0 Å². The molecule has 3 aromatic rings. The average molecular weight is 783 g/mol. The Kier molecular flexibility index (Phi) is 7.65. The van der Waals surface area contributed by atoms with E-state index in [9.17, 15) is 25.1 Å². The lowest BCUT2D eigenvalue weighted by atomic mass is 9.70. The third-order valence-corrected chi connectivity index (χ3v) is 14.8. The maximum Gasteiger partial charge on any atom is 0.331 e. The molecule has 2 unspecified atom stereocenters. The van der Waals surface area contributed by atoms with E-state index in [1.54, 1.807) is 19.2 Å². The number of nitrogens with zero attached hydrogens (tertiary/aromatic N) is 3. The smallest absolute Gasteiger partial charge is 0.331 e. The molecule has 0 aromatic heterocycles. The Morgan fingerprint density at radius 3 is 2.57 bits per heavy atom. The van der Waals surface area contributed by atoms with Gasteiger partial charge >= 0.3 is 11.9 Å². The van der Waals surface area contributed by atoms with Gasteiger partial charge < -0.3 is 38.6 Å². The molecular formula is C41H42N4O10S. The van der Waals surface area contributed by atoms with Crippen LogP contribution in [0.3, 0.4) is 0 Å². The summed E-state index contributed by atoms with van der Waals surface area (Å²) in [4.78, 5) is 32.4. The second-order valence-electron chi connectivity index (χ2n) is 16.0. The van der Waals surface area contributed by atoms with Crippen molar-refractivity contribution in [3.63, 3.8) is 0 Å². The van der Waals surface area contributed by atoms with Gasteiger partial charge in [0.2, 0.25) is 6.79 Å². The van der Waals surface area contributed by atoms with Crippen LogP contribution in [-0.2, 0) is 31.8 Å². The Balaban J connectivity index is 1.26. The zero-order valence-corrected chi connectivity index (χ0v) is 32.7. The summed E-state index contributed by atoms with van der Waals surface area (Å²) < 4.78 is 36.2. The minimum Gasteiger partial charge on any atom is -0.504 e. The van der Waals surface area contributed by atoms with Crippen molar-refractivity contribution in [1.29, 1.82) is 5.26 Å². The van der Waals surface area contributed by atoms with Crippen LogP contribution in [0.1, 0.15) is 82.1 Å². The highest BCUT2D eigenvalue weighted by molar-refractivity contribution is 7.99. The van der Waals surface area contributed by atoms with E-state index < -0.39 is 52.4 Å². The summed E-state index contributed by atoms with van der Waals surface area (Å²) in [5.41, 5.74) is 4.11. The minimum atomic E-state index is -1.36. The number of rotatable bonds is 3. The number of benzene rings is 3. The highest BCUT2D eigenvalue weighted by Crippen LogP contribution is 2.71. The van der Waals surface area contributed by atoms with Gasteiger partial charge in [0.05, 0.1) is 37.6 Å². The van der Waals surface area contributed by atoms with E-state index in [-0.39, 0.29) is 42.4 Å². The van der Waals surface area contributed by atoms with Gasteiger partial charge in [0.25, 0.3) is 0 Å². The molecule has 3 saturated heterocycles. The minimum absolute atomic E-state index is 0.0207. The van der Waals surface area contributed by atoms with Crippen LogP contribution in [0, 0.1) is 25.2 Å². The van der Waals surface area contributed by atoms with E-state index in [1.807, 2.05) is 13.8 Å². The van der Waals surface area contributed by atoms with Crippen molar-refractivity contribution in [1.82, 2.24) is 15.1 Å². The molecule has 2 bridgehead atoms. The predicted molar refractivity (Wildman–Crippen MR) is 200 cm³/mol. The zero-order valence-electron chi connectivity index (χ0n) is 31.8. The molecule has 1 spiro atoms. The Bertz CT molecular complexity index is 2330. The highest BCUT2D eigenvalue weighted by Gasteiger charge is 2.71. The van der Waals surface area contributed by atoms with Gasteiger partial charge in [-0.15, -0.1) is 11.8 Å². The largest absolute Gasteiger partial charge is 0.504 e. The number of hydrogen-bond donors (Lipinski definition) is 3. The number of aryl methyl sites for hydroxylation is 1. The summed E-state index contributed by atoms with van der Waals surface area (Å²) in [6, 6.07) is 5.56. The van der Waals surface area contributed by atoms with Crippen LogP contribution in [0.5, 0.6) is 40.2 Å². The molecule has 11 rings (SSSR count). The molecule has 56 heavy (non-hydrogen) atoms. The van der Waals surface area contributed by atoms with E-state index in [4.69, 9.17) is 28.4 Å². The average Bonchev–Trinajstić information content (AvgIpc) is 3.73. The summed E-state index contributed by atoms with van der Waals surface area (Å²) in [7, 11) is 3.02. The fourth-order valence-corrected chi connectivity index (χ4v) is 12.9. The molecule has 8 heterocycles. The lowest BCUT2D eigenvalue weighted by molar-refractivity contribution is -0.187. The number of phenols is 2. The molecule has 3 N–H and O–H groups in total. The number of carbonyl (C=O) groups is 2. The highest BCUT2D eigenvalue weighted by atomic mass is 32.2. The van der Waals surface area contributed by atoms with Crippen molar-refractivity contribution in [3.8, 4) is 46.3 Å². The van der Waals surface area contributed by atoms with Gasteiger partial charge in [-0.2, -0.15) is 5.26 Å². The van der Waals surface area contributed by atoms with Gasteiger partial charge in [0, 0.05) is 59.1 Å². The first-order chi connectivity index (χ1) is 26.9. The first kappa shape index (κ1) is 35.5. The van der Waals surface area contributed by atoms with Gasteiger partial charge in [0.1, 0.15) is 18.4 Å². The number of esters is 2. The van der Waals surface area contributed by atoms with Gasteiger partial charge in [-0.3, -0.25) is 19.9 Å². The van der Waals surface area contributed by atoms with Crippen molar-refractivity contribution in [2.45, 2.75) is 87.1 Å². The van der Waals surface area contributed by atoms with Crippen molar-refractivity contribution >= 4 is 23.7 Å². The van der Waals surface area contributed by atoms with Crippen molar-refractivity contribution in [2.24, 2.45) is 0 Å². The molecule has 8 aliphatic heterocycles. The molecule has 3 fully saturated rings. The van der Waals surface area contributed by atoms with Gasteiger partial charge in [-0.05, 0) is 74.1 Å². The Morgan fingerprint density at radius 2 is 1.84 bits per heavy atom. The molecule has 15 heteroatoms. The predicted octanol–water partition coefficient (Wildman–Crippen LogP) is 4.43. The first-order valence-electron chi connectivity index (χ1n) is 18.8. The maximum absolute atomic E-state index is 14.8. The van der Waals surface area contributed by atoms with Gasteiger partial charge in [0.15, 0.2) is 40.0 Å². The SMILES string of the molecule is COc1cc2c(cc1O)CCN[C@]21CS[C@@H]2c3c(OC(C)=O)c(C)c4c(c3[C@H](COC1=O)N1C2[C@@H]2c3c(cc(C)c(OC)c3O)C3(C)C[C@@H]([C@@H]1C#N)N23)OCO4. The van der Waals surface area contributed by atoms with Gasteiger partial charge in [-0.25, -0.2) is 4.79 Å². The molecule has 0 saturated carbocycles. The van der Waals surface area contributed by atoms with Gasteiger partial charge in [-0.1, -0.05) is 0 Å². The van der Waals surface area contributed by atoms with E-state index in [2.05, 4.69) is 34.2 Å². The number of hydrogen-bond acceptors (Lipinski definition) is 15. The number of aromatic hydroxyl groups is 2. The molecule has 292 valence electrons. The third-order valence-electron chi connectivity index (χ3n) is 13.4. The Labute approximate surface area is 327 Å². The summed E-state index contributed by atoms with van der Waals surface area (Å²) in [6.07, 6.45) is 1.23. The number of nitrogens with one attached hydrogen (secondary N) is 1. The van der Waals surface area contributed by atoms with Crippen LogP contribution in [0.2, 0.25) is 0 Å². The fourth-order valence-electron chi connectivity index (χ4n) is 11.2. The summed E-state index contributed by atoms with van der Waals surface area (Å²) >= 11 is 1.50. The van der Waals surface area contributed by atoms with Crippen LogP contribution in [-0.4, -0.2) is 90.0 Å². The third kappa shape index (κ3) is 4.33. The van der Waals surface area contributed by atoms with Crippen LogP contribution in [0.15, 0.2) is 18.2 Å².